The molecular weight excluding hydrogens is 283 g/mol. The molecule has 1 heterocycles. The zero-order chi connectivity index (χ0) is 16.1. The first-order valence-corrected chi connectivity index (χ1v) is 7.60. The van der Waals surface area contributed by atoms with Gasteiger partial charge in [0.25, 0.3) is 0 Å². The van der Waals surface area contributed by atoms with Gasteiger partial charge in [-0.15, -0.1) is 0 Å². The van der Waals surface area contributed by atoms with E-state index < -0.39 is 24.3 Å². The average molecular weight is 304 g/mol. The minimum atomic E-state index is -1.03. The Kier molecular flexibility index (Phi) is 3.49. The summed E-state index contributed by atoms with van der Waals surface area (Å²) in [6.07, 6.45) is 2.08. The molecule has 118 valence electrons. The second kappa shape index (κ2) is 5.00. The zero-order valence-electron chi connectivity index (χ0n) is 13.4. The molecule has 1 saturated carbocycles. The molecule has 1 N–H and O–H groups in total. The van der Waals surface area contributed by atoms with E-state index in [-0.39, 0.29) is 11.7 Å². The Balaban J connectivity index is 1.98. The van der Waals surface area contributed by atoms with Crippen LogP contribution in [0.25, 0.3) is 0 Å². The van der Waals surface area contributed by atoms with E-state index in [9.17, 15) is 9.90 Å². The summed E-state index contributed by atoms with van der Waals surface area (Å²) < 4.78 is 17.7. The van der Waals surface area contributed by atoms with Gasteiger partial charge in [0.05, 0.1) is 17.3 Å². The predicted octanol–water partition coefficient (Wildman–Crippen LogP) is 2.23. The lowest BCUT2D eigenvalue weighted by atomic mass is 9.75. The standard InChI is InChI=1S/C16H21BO5/c1-15(2)16(3,4)22-17(21-15)11-6-5-7-12(13(11)14(18)19)20-10-8-9-10/h5-7,10H,8-9H2,1-4H3,(H,18,19). The summed E-state index contributed by atoms with van der Waals surface area (Å²) in [4.78, 5) is 11.7. The highest BCUT2D eigenvalue weighted by atomic mass is 16.7. The fourth-order valence-corrected chi connectivity index (χ4v) is 2.41. The van der Waals surface area contributed by atoms with Gasteiger partial charge >= 0.3 is 13.1 Å². The van der Waals surface area contributed by atoms with Crippen molar-refractivity contribution in [2.45, 2.75) is 57.8 Å². The maximum atomic E-state index is 11.7. The lowest BCUT2D eigenvalue weighted by Crippen LogP contribution is -2.41. The average Bonchev–Trinajstić information content (AvgIpc) is 3.16. The van der Waals surface area contributed by atoms with Crippen molar-refractivity contribution in [1.82, 2.24) is 0 Å². The van der Waals surface area contributed by atoms with E-state index in [0.717, 1.165) is 12.8 Å². The summed E-state index contributed by atoms with van der Waals surface area (Å²) >= 11 is 0. The van der Waals surface area contributed by atoms with Gasteiger partial charge in [-0.25, -0.2) is 4.79 Å². The fourth-order valence-electron chi connectivity index (χ4n) is 2.41. The summed E-state index contributed by atoms with van der Waals surface area (Å²) in [6, 6.07) is 5.20. The summed E-state index contributed by atoms with van der Waals surface area (Å²) in [7, 11) is -0.709. The van der Waals surface area contributed by atoms with Gasteiger partial charge in [0.15, 0.2) is 0 Å². The maximum Gasteiger partial charge on any atom is 0.495 e. The van der Waals surface area contributed by atoms with Crippen LogP contribution in [0.15, 0.2) is 18.2 Å². The molecule has 1 aliphatic heterocycles. The van der Waals surface area contributed by atoms with Crippen molar-refractivity contribution in [3.8, 4) is 5.75 Å². The third-order valence-corrected chi connectivity index (χ3v) is 4.60. The fraction of sp³-hybridized carbons (Fsp3) is 0.562. The number of hydrogen-bond acceptors (Lipinski definition) is 4. The molecule has 5 nitrogen and oxygen atoms in total. The van der Waals surface area contributed by atoms with Crippen LogP contribution in [0.5, 0.6) is 5.75 Å². The van der Waals surface area contributed by atoms with Crippen molar-refractivity contribution in [2.75, 3.05) is 0 Å². The molecule has 0 amide bonds. The Morgan fingerprint density at radius 2 is 1.82 bits per heavy atom. The summed E-state index contributed by atoms with van der Waals surface area (Å²) in [5.41, 5.74) is -0.390. The Morgan fingerprint density at radius 1 is 1.23 bits per heavy atom. The SMILES string of the molecule is CC1(C)OB(c2cccc(OC3CC3)c2C(=O)O)OC1(C)C. The molecule has 1 aliphatic carbocycles. The highest BCUT2D eigenvalue weighted by Gasteiger charge is 2.52. The van der Waals surface area contributed by atoms with Gasteiger partial charge in [0.2, 0.25) is 0 Å². The van der Waals surface area contributed by atoms with Gasteiger partial charge in [-0.05, 0) is 46.6 Å². The molecule has 2 aliphatic rings. The Labute approximate surface area is 130 Å². The Bertz CT molecular complexity index is 591. The van der Waals surface area contributed by atoms with Crippen LogP contribution in [0.3, 0.4) is 0 Å². The van der Waals surface area contributed by atoms with Crippen LogP contribution in [-0.4, -0.2) is 35.5 Å². The van der Waals surface area contributed by atoms with Gasteiger partial charge in [-0.2, -0.15) is 0 Å². The van der Waals surface area contributed by atoms with Crippen LogP contribution in [0.4, 0.5) is 0 Å². The van der Waals surface area contributed by atoms with Crippen molar-refractivity contribution in [3.63, 3.8) is 0 Å². The van der Waals surface area contributed by atoms with Crippen LogP contribution >= 0.6 is 0 Å². The molecule has 0 aromatic heterocycles. The van der Waals surface area contributed by atoms with Crippen LogP contribution in [0.1, 0.15) is 50.9 Å². The number of carbonyl (C=O) groups is 1. The molecule has 1 saturated heterocycles. The molecule has 0 unspecified atom stereocenters. The van der Waals surface area contributed by atoms with Crippen LogP contribution in [0, 0.1) is 0 Å². The maximum absolute atomic E-state index is 11.7. The van der Waals surface area contributed by atoms with Crippen LogP contribution in [-0.2, 0) is 9.31 Å². The molecule has 6 heteroatoms. The summed E-state index contributed by atoms with van der Waals surface area (Å²) in [5.74, 6) is -0.636. The number of aromatic carboxylic acids is 1. The van der Waals surface area contributed by atoms with E-state index in [1.165, 1.54) is 0 Å². The number of carboxylic acid groups (broad SMARTS) is 1. The van der Waals surface area contributed by atoms with Gasteiger partial charge in [0.1, 0.15) is 11.3 Å². The molecule has 2 fully saturated rings. The monoisotopic (exact) mass is 304 g/mol. The second-order valence-electron chi connectivity index (χ2n) is 6.93. The molecule has 1 aromatic carbocycles. The van der Waals surface area contributed by atoms with Crippen LogP contribution < -0.4 is 10.2 Å². The molecule has 3 rings (SSSR count). The molecule has 1 aromatic rings. The minimum Gasteiger partial charge on any atom is -0.490 e. The first kappa shape index (κ1) is 15.4. The van der Waals surface area contributed by atoms with Gasteiger partial charge in [-0.3, -0.25) is 0 Å². The van der Waals surface area contributed by atoms with Crippen molar-refractivity contribution in [2.24, 2.45) is 0 Å². The van der Waals surface area contributed by atoms with E-state index in [4.69, 9.17) is 14.0 Å². The number of ether oxygens (including phenoxy) is 1. The van der Waals surface area contributed by atoms with Crippen molar-refractivity contribution >= 4 is 18.6 Å². The third-order valence-electron chi connectivity index (χ3n) is 4.60. The molecule has 22 heavy (non-hydrogen) atoms. The summed E-state index contributed by atoms with van der Waals surface area (Å²) in [6.45, 7) is 7.77. The molecule has 0 atom stereocenters. The first-order valence-electron chi connectivity index (χ1n) is 7.60. The Hall–Kier alpha value is -1.53. The molecule has 0 spiro atoms. The largest absolute Gasteiger partial charge is 0.495 e. The Morgan fingerprint density at radius 3 is 2.32 bits per heavy atom. The van der Waals surface area contributed by atoms with E-state index in [1.54, 1.807) is 18.2 Å². The number of rotatable bonds is 4. The van der Waals surface area contributed by atoms with Crippen molar-refractivity contribution < 1.29 is 23.9 Å². The van der Waals surface area contributed by atoms with Crippen LogP contribution in [0.2, 0.25) is 0 Å². The lowest BCUT2D eigenvalue weighted by Gasteiger charge is -2.32. The number of carboxylic acids is 1. The van der Waals surface area contributed by atoms with Crippen molar-refractivity contribution in [3.05, 3.63) is 23.8 Å². The zero-order valence-corrected chi connectivity index (χ0v) is 13.4. The number of benzene rings is 1. The first-order chi connectivity index (χ1) is 10.2. The van der Waals surface area contributed by atoms with E-state index in [0.29, 0.717) is 11.2 Å². The minimum absolute atomic E-state index is 0.131. The van der Waals surface area contributed by atoms with Gasteiger partial charge < -0.3 is 19.2 Å². The quantitative estimate of drug-likeness (QED) is 0.864. The van der Waals surface area contributed by atoms with E-state index >= 15 is 0 Å². The highest BCUT2D eigenvalue weighted by Crippen LogP contribution is 2.37. The second-order valence-corrected chi connectivity index (χ2v) is 6.93. The van der Waals surface area contributed by atoms with E-state index in [2.05, 4.69) is 0 Å². The number of hydrogen-bond donors (Lipinski definition) is 1. The van der Waals surface area contributed by atoms with E-state index in [1.807, 2.05) is 27.7 Å². The molecular formula is C16H21BO5. The van der Waals surface area contributed by atoms with Gasteiger partial charge in [-0.1, -0.05) is 12.1 Å². The predicted molar refractivity (Wildman–Crippen MR) is 82.8 cm³/mol. The normalized spacial score (nSPS) is 22.6. The molecule has 0 bridgehead atoms. The summed E-state index contributed by atoms with van der Waals surface area (Å²) in [5, 5.41) is 9.61. The molecule has 0 radical (unpaired) electrons. The third kappa shape index (κ3) is 2.61. The highest BCUT2D eigenvalue weighted by molar-refractivity contribution is 6.63. The van der Waals surface area contributed by atoms with Crippen molar-refractivity contribution in [1.29, 1.82) is 0 Å². The van der Waals surface area contributed by atoms with Gasteiger partial charge in [0, 0.05) is 5.46 Å². The topological polar surface area (TPSA) is 65.0 Å². The smallest absolute Gasteiger partial charge is 0.490 e. The lowest BCUT2D eigenvalue weighted by molar-refractivity contribution is 0.00578.